The topological polar surface area (TPSA) is 50.7 Å². The maximum atomic E-state index is 11.2. The van der Waals surface area contributed by atoms with Gasteiger partial charge in [0.1, 0.15) is 0 Å². The van der Waals surface area contributed by atoms with Gasteiger partial charge in [0.15, 0.2) is 0 Å². The van der Waals surface area contributed by atoms with E-state index in [1.807, 2.05) is 13.8 Å². The molecule has 0 aromatic rings. The lowest BCUT2D eigenvalue weighted by Gasteiger charge is -2.11. The van der Waals surface area contributed by atoms with E-state index >= 15 is 0 Å². The Bertz CT molecular complexity index is 231. The normalized spacial score (nSPS) is 15.4. The molecule has 0 saturated heterocycles. The van der Waals surface area contributed by atoms with Gasteiger partial charge in [-0.25, -0.2) is 4.79 Å². The Hall–Kier alpha value is -1.32. The molecule has 0 bridgehead atoms. The lowest BCUT2D eigenvalue weighted by molar-refractivity contribution is -0.142. The fourth-order valence-corrected chi connectivity index (χ4v) is 0.793. The van der Waals surface area contributed by atoms with Crippen LogP contribution in [-0.2, 0) is 9.53 Å². The van der Waals surface area contributed by atoms with Crippen molar-refractivity contribution >= 4 is 12.3 Å². The number of rotatable bonds is 2. The molecular formula is C8H12N2O2. The summed E-state index contributed by atoms with van der Waals surface area (Å²) in [5.74, 6) is -0.297. The summed E-state index contributed by atoms with van der Waals surface area (Å²) in [6.07, 6.45) is 3.08. The van der Waals surface area contributed by atoms with Crippen molar-refractivity contribution in [2.75, 3.05) is 6.54 Å². The predicted octanol–water partition coefficient (Wildman–Crippen LogP) is 0.453. The van der Waals surface area contributed by atoms with E-state index in [-0.39, 0.29) is 12.1 Å². The van der Waals surface area contributed by atoms with Gasteiger partial charge in [0.25, 0.3) is 0 Å². The maximum Gasteiger partial charge on any atom is 0.337 e. The van der Waals surface area contributed by atoms with E-state index in [2.05, 4.69) is 10.3 Å². The Labute approximate surface area is 71.3 Å². The standard InChI is InChI=1S/C8H12N2O2/c1-6(2)12-8(11)7-3-9-5-10-4-7/h3,5-6H,4H2,1-2H3,(H,9,10). The molecule has 0 fully saturated rings. The number of esters is 1. The molecule has 66 valence electrons. The third-order valence-corrected chi connectivity index (χ3v) is 1.29. The van der Waals surface area contributed by atoms with Gasteiger partial charge in [-0.2, -0.15) is 0 Å². The van der Waals surface area contributed by atoms with E-state index in [1.54, 1.807) is 12.5 Å². The molecule has 4 heteroatoms. The summed E-state index contributed by atoms with van der Waals surface area (Å²) >= 11 is 0. The van der Waals surface area contributed by atoms with Gasteiger partial charge < -0.3 is 10.1 Å². The summed E-state index contributed by atoms with van der Waals surface area (Å²) in [7, 11) is 0. The average Bonchev–Trinajstić information content (AvgIpc) is 2.05. The van der Waals surface area contributed by atoms with Crippen LogP contribution < -0.4 is 5.32 Å². The van der Waals surface area contributed by atoms with Crippen LogP contribution in [0.25, 0.3) is 0 Å². The van der Waals surface area contributed by atoms with E-state index in [4.69, 9.17) is 4.74 Å². The minimum Gasteiger partial charge on any atom is -0.460 e. The zero-order chi connectivity index (χ0) is 8.97. The van der Waals surface area contributed by atoms with Crippen molar-refractivity contribution in [1.29, 1.82) is 0 Å². The number of hydrogen-bond acceptors (Lipinski definition) is 4. The third-order valence-electron chi connectivity index (χ3n) is 1.29. The highest BCUT2D eigenvalue weighted by atomic mass is 16.5. The molecule has 0 aromatic carbocycles. The minimum atomic E-state index is -0.297. The summed E-state index contributed by atoms with van der Waals surface area (Å²) < 4.78 is 4.97. The first-order valence-electron chi connectivity index (χ1n) is 3.84. The van der Waals surface area contributed by atoms with Crippen molar-refractivity contribution in [2.24, 2.45) is 4.99 Å². The van der Waals surface area contributed by atoms with E-state index < -0.39 is 0 Å². The first-order valence-corrected chi connectivity index (χ1v) is 3.84. The fourth-order valence-electron chi connectivity index (χ4n) is 0.793. The van der Waals surface area contributed by atoms with Crippen LogP contribution in [0.2, 0.25) is 0 Å². The van der Waals surface area contributed by atoms with Crippen molar-refractivity contribution in [3.63, 3.8) is 0 Å². The van der Waals surface area contributed by atoms with Gasteiger partial charge in [0.2, 0.25) is 0 Å². The van der Waals surface area contributed by atoms with E-state index in [0.717, 1.165) is 0 Å². The van der Waals surface area contributed by atoms with E-state index in [1.165, 1.54) is 0 Å². The summed E-state index contributed by atoms with van der Waals surface area (Å²) in [5, 5.41) is 2.73. The van der Waals surface area contributed by atoms with Gasteiger partial charge >= 0.3 is 5.97 Å². The molecule has 1 rings (SSSR count). The minimum absolute atomic E-state index is 0.0793. The molecule has 0 amide bonds. The molecule has 0 saturated carbocycles. The lowest BCUT2D eigenvalue weighted by atomic mass is 10.3. The van der Waals surface area contributed by atoms with Gasteiger partial charge in [-0.05, 0) is 13.8 Å². The van der Waals surface area contributed by atoms with Gasteiger partial charge in [-0.1, -0.05) is 0 Å². The smallest absolute Gasteiger partial charge is 0.337 e. The van der Waals surface area contributed by atoms with Gasteiger partial charge in [-0.15, -0.1) is 0 Å². The van der Waals surface area contributed by atoms with E-state index in [9.17, 15) is 4.79 Å². The number of nitrogens with one attached hydrogen (secondary N) is 1. The molecule has 0 spiro atoms. The molecule has 0 aliphatic carbocycles. The molecule has 1 aliphatic heterocycles. The SMILES string of the molecule is CC(C)OC(=O)C1=CNC=NC1. The van der Waals surface area contributed by atoms with Crippen molar-refractivity contribution < 1.29 is 9.53 Å². The highest BCUT2D eigenvalue weighted by Gasteiger charge is 2.12. The number of ether oxygens (including phenoxy) is 1. The molecule has 0 aromatic heterocycles. The van der Waals surface area contributed by atoms with Crippen LogP contribution >= 0.6 is 0 Å². The first kappa shape index (κ1) is 8.77. The second-order valence-corrected chi connectivity index (χ2v) is 2.76. The van der Waals surface area contributed by atoms with Crippen LogP contribution in [0.5, 0.6) is 0 Å². The molecule has 4 nitrogen and oxygen atoms in total. The lowest BCUT2D eigenvalue weighted by Crippen LogP contribution is -2.20. The molecule has 1 heterocycles. The summed E-state index contributed by atoms with van der Waals surface area (Å²) in [5.41, 5.74) is 0.561. The van der Waals surface area contributed by atoms with Crippen LogP contribution in [0.15, 0.2) is 16.8 Å². The van der Waals surface area contributed by atoms with Crippen LogP contribution in [-0.4, -0.2) is 25.0 Å². The molecule has 0 radical (unpaired) electrons. The second kappa shape index (κ2) is 3.90. The van der Waals surface area contributed by atoms with Crippen molar-refractivity contribution in [3.8, 4) is 0 Å². The van der Waals surface area contributed by atoms with Gasteiger partial charge in [-0.3, -0.25) is 4.99 Å². The number of carbonyl (C=O) groups excluding carboxylic acids is 1. The van der Waals surface area contributed by atoms with Crippen molar-refractivity contribution in [1.82, 2.24) is 5.32 Å². The fraction of sp³-hybridized carbons (Fsp3) is 0.500. The largest absolute Gasteiger partial charge is 0.460 e. The zero-order valence-corrected chi connectivity index (χ0v) is 7.20. The Kier molecular flexibility index (Phi) is 2.85. The number of aliphatic imine (C=N–C) groups is 1. The summed E-state index contributed by atoms with van der Waals surface area (Å²) in [6.45, 7) is 4.04. The van der Waals surface area contributed by atoms with Crippen LogP contribution in [0, 0.1) is 0 Å². The van der Waals surface area contributed by atoms with E-state index in [0.29, 0.717) is 12.1 Å². The molecule has 1 aliphatic rings. The number of nitrogens with zero attached hydrogens (tertiary/aromatic N) is 1. The maximum absolute atomic E-state index is 11.2. The number of carbonyl (C=O) groups is 1. The summed E-state index contributed by atoms with van der Waals surface area (Å²) in [6, 6.07) is 0. The summed E-state index contributed by atoms with van der Waals surface area (Å²) in [4.78, 5) is 15.1. The van der Waals surface area contributed by atoms with Crippen LogP contribution in [0.1, 0.15) is 13.8 Å². The monoisotopic (exact) mass is 168 g/mol. The van der Waals surface area contributed by atoms with Gasteiger partial charge in [0, 0.05) is 6.20 Å². The third kappa shape index (κ3) is 2.38. The molecule has 0 unspecified atom stereocenters. The Balaban J connectivity index is 2.47. The molecule has 12 heavy (non-hydrogen) atoms. The number of hydrogen-bond donors (Lipinski definition) is 1. The Morgan fingerprint density at radius 1 is 1.75 bits per heavy atom. The highest BCUT2D eigenvalue weighted by Crippen LogP contribution is 2.02. The predicted molar refractivity (Wildman–Crippen MR) is 45.8 cm³/mol. The zero-order valence-electron chi connectivity index (χ0n) is 7.20. The van der Waals surface area contributed by atoms with Crippen LogP contribution in [0.4, 0.5) is 0 Å². The quantitative estimate of drug-likeness (QED) is 0.609. The molecule has 1 N–H and O–H groups in total. The molecule has 0 atom stereocenters. The first-order chi connectivity index (χ1) is 5.70. The Morgan fingerprint density at radius 2 is 2.50 bits per heavy atom. The average molecular weight is 168 g/mol. The highest BCUT2D eigenvalue weighted by molar-refractivity contribution is 5.90. The second-order valence-electron chi connectivity index (χ2n) is 2.76. The van der Waals surface area contributed by atoms with Gasteiger partial charge in [0.05, 0.1) is 24.6 Å². The van der Waals surface area contributed by atoms with Crippen molar-refractivity contribution in [2.45, 2.75) is 20.0 Å². The Morgan fingerprint density at radius 3 is 3.00 bits per heavy atom. The molecular weight excluding hydrogens is 156 g/mol. The van der Waals surface area contributed by atoms with Crippen molar-refractivity contribution in [3.05, 3.63) is 11.8 Å². The van der Waals surface area contributed by atoms with Crippen LogP contribution in [0.3, 0.4) is 0 Å².